The molecule has 8 nitrogen and oxygen atoms in total. The smallest absolute Gasteiger partial charge is 0.274 e. The first-order valence-corrected chi connectivity index (χ1v) is 12.2. The number of benzene rings is 2. The highest BCUT2D eigenvalue weighted by molar-refractivity contribution is 6.31. The summed E-state index contributed by atoms with van der Waals surface area (Å²) >= 11 is 6.34. The molecule has 0 aliphatic heterocycles. The normalized spacial score (nSPS) is 12.5. The van der Waals surface area contributed by atoms with Crippen molar-refractivity contribution in [1.82, 2.24) is 29.7 Å². The fraction of sp³-hybridized carbons (Fsp3) is 0.259. The number of H-pyrrole nitrogens is 1. The van der Waals surface area contributed by atoms with E-state index in [1.165, 1.54) is 10.6 Å². The SMILES string of the molecule is Cc1nn(C(CNC(=O)c2cc3c(=O)[nH]c(-c4ccc5ccccc5c4)cn3n2)C(C)C)c(C)c1Cl. The highest BCUT2D eigenvalue weighted by Gasteiger charge is 2.23. The Balaban J connectivity index is 1.40. The van der Waals surface area contributed by atoms with Crippen LogP contribution < -0.4 is 10.9 Å². The van der Waals surface area contributed by atoms with Crippen molar-refractivity contribution in [3.05, 3.63) is 87.2 Å². The lowest BCUT2D eigenvalue weighted by atomic mass is 10.0. The van der Waals surface area contributed by atoms with Gasteiger partial charge in [0.15, 0.2) is 5.69 Å². The molecule has 0 spiro atoms. The Morgan fingerprint density at radius 2 is 1.83 bits per heavy atom. The van der Waals surface area contributed by atoms with E-state index >= 15 is 0 Å². The molecule has 5 rings (SSSR count). The summed E-state index contributed by atoms with van der Waals surface area (Å²) in [7, 11) is 0. The minimum Gasteiger partial charge on any atom is -0.348 e. The summed E-state index contributed by atoms with van der Waals surface area (Å²) in [4.78, 5) is 28.7. The Bertz CT molecular complexity index is 1660. The predicted octanol–water partition coefficient (Wildman–Crippen LogP) is 4.94. The highest BCUT2D eigenvalue weighted by atomic mass is 35.5. The van der Waals surface area contributed by atoms with Gasteiger partial charge in [-0.3, -0.25) is 14.3 Å². The molecule has 5 aromatic rings. The first-order valence-electron chi connectivity index (χ1n) is 11.8. The number of nitrogens with one attached hydrogen (secondary N) is 2. The summed E-state index contributed by atoms with van der Waals surface area (Å²) in [5, 5.41) is 14.7. The second kappa shape index (κ2) is 9.28. The molecule has 0 radical (unpaired) electrons. The fourth-order valence-electron chi connectivity index (χ4n) is 4.48. The van der Waals surface area contributed by atoms with Gasteiger partial charge in [0.1, 0.15) is 5.52 Å². The average Bonchev–Trinajstić information content (AvgIpc) is 3.41. The molecule has 2 aromatic carbocycles. The zero-order valence-corrected chi connectivity index (χ0v) is 21.3. The van der Waals surface area contributed by atoms with Crippen molar-refractivity contribution in [2.24, 2.45) is 5.92 Å². The lowest BCUT2D eigenvalue weighted by Crippen LogP contribution is -2.34. The Labute approximate surface area is 212 Å². The Hall–Kier alpha value is -3.91. The molecule has 0 aliphatic rings. The van der Waals surface area contributed by atoms with Gasteiger partial charge in [0.2, 0.25) is 0 Å². The summed E-state index contributed by atoms with van der Waals surface area (Å²) in [5.74, 6) is -0.156. The third-order valence-electron chi connectivity index (χ3n) is 6.55. The summed E-state index contributed by atoms with van der Waals surface area (Å²) in [6.45, 7) is 8.27. The maximum atomic E-state index is 13.0. The molecule has 2 N–H and O–H groups in total. The molecule has 1 unspecified atom stereocenters. The number of fused-ring (bicyclic) bond motifs is 2. The molecule has 36 heavy (non-hydrogen) atoms. The molecular formula is C27H27ClN6O2. The molecular weight excluding hydrogens is 476 g/mol. The van der Waals surface area contributed by atoms with Crippen LogP contribution in [0, 0.1) is 19.8 Å². The maximum Gasteiger partial charge on any atom is 0.274 e. The van der Waals surface area contributed by atoms with Gasteiger partial charge in [-0.1, -0.05) is 61.8 Å². The molecule has 1 atom stereocenters. The van der Waals surface area contributed by atoms with Crippen molar-refractivity contribution < 1.29 is 4.79 Å². The van der Waals surface area contributed by atoms with E-state index in [1.807, 2.05) is 61.0 Å². The molecule has 0 aliphatic carbocycles. The van der Waals surface area contributed by atoms with E-state index in [0.29, 0.717) is 22.8 Å². The summed E-state index contributed by atoms with van der Waals surface area (Å²) in [6, 6.07) is 15.4. The van der Waals surface area contributed by atoms with Crippen molar-refractivity contribution >= 4 is 33.8 Å². The van der Waals surface area contributed by atoms with Gasteiger partial charge in [0.05, 0.1) is 34.3 Å². The van der Waals surface area contributed by atoms with Crippen molar-refractivity contribution in [2.45, 2.75) is 33.7 Å². The largest absolute Gasteiger partial charge is 0.348 e. The average molecular weight is 503 g/mol. The van der Waals surface area contributed by atoms with E-state index in [1.54, 1.807) is 6.20 Å². The van der Waals surface area contributed by atoms with Crippen LogP contribution in [0.15, 0.2) is 59.5 Å². The Morgan fingerprint density at radius 3 is 2.53 bits per heavy atom. The summed E-state index contributed by atoms with van der Waals surface area (Å²) < 4.78 is 3.33. The number of carbonyl (C=O) groups excluding carboxylic acids is 1. The zero-order valence-electron chi connectivity index (χ0n) is 20.5. The molecule has 0 fully saturated rings. The number of hydrogen-bond acceptors (Lipinski definition) is 4. The first kappa shape index (κ1) is 23.8. The van der Waals surface area contributed by atoms with Gasteiger partial charge in [-0.2, -0.15) is 10.2 Å². The van der Waals surface area contributed by atoms with Crippen molar-refractivity contribution in [2.75, 3.05) is 6.54 Å². The van der Waals surface area contributed by atoms with Gasteiger partial charge in [-0.05, 0) is 36.6 Å². The van der Waals surface area contributed by atoms with E-state index in [-0.39, 0.29) is 29.1 Å². The van der Waals surface area contributed by atoms with Gasteiger partial charge in [-0.25, -0.2) is 4.52 Å². The number of aryl methyl sites for hydroxylation is 1. The molecule has 1 amide bonds. The van der Waals surface area contributed by atoms with Crippen LogP contribution in [0.2, 0.25) is 5.02 Å². The van der Waals surface area contributed by atoms with Crippen molar-refractivity contribution in [1.29, 1.82) is 0 Å². The summed E-state index contributed by atoms with van der Waals surface area (Å²) in [6.07, 6.45) is 1.73. The Kier molecular flexibility index (Phi) is 6.14. The van der Waals surface area contributed by atoms with E-state index < -0.39 is 0 Å². The summed E-state index contributed by atoms with van der Waals surface area (Å²) in [5.41, 5.74) is 3.26. The number of amides is 1. The van der Waals surface area contributed by atoms with Crippen LogP contribution in [0.1, 0.15) is 41.8 Å². The second-order valence-corrected chi connectivity index (χ2v) is 9.75. The van der Waals surface area contributed by atoms with Gasteiger partial charge in [-0.15, -0.1) is 0 Å². The minimum atomic E-state index is -0.358. The fourth-order valence-corrected chi connectivity index (χ4v) is 4.60. The lowest BCUT2D eigenvalue weighted by Gasteiger charge is -2.23. The van der Waals surface area contributed by atoms with Crippen LogP contribution >= 0.6 is 11.6 Å². The number of hydrogen-bond donors (Lipinski definition) is 2. The monoisotopic (exact) mass is 502 g/mol. The van der Waals surface area contributed by atoms with Crippen LogP contribution in [0.5, 0.6) is 0 Å². The van der Waals surface area contributed by atoms with Gasteiger partial charge < -0.3 is 10.3 Å². The van der Waals surface area contributed by atoms with E-state index in [4.69, 9.17) is 11.6 Å². The maximum absolute atomic E-state index is 13.0. The van der Waals surface area contributed by atoms with Gasteiger partial charge in [0, 0.05) is 18.2 Å². The molecule has 3 aromatic heterocycles. The van der Waals surface area contributed by atoms with E-state index in [0.717, 1.165) is 27.7 Å². The van der Waals surface area contributed by atoms with Gasteiger partial charge >= 0.3 is 0 Å². The highest BCUT2D eigenvalue weighted by Crippen LogP contribution is 2.26. The topological polar surface area (TPSA) is 97.1 Å². The number of halogens is 1. The molecule has 0 saturated carbocycles. The molecule has 9 heteroatoms. The second-order valence-electron chi connectivity index (χ2n) is 9.37. The number of carbonyl (C=O) groups is 1. The van der Waals surface area contributed by atoms with Crippen LogP contribution in [0.4, 0.5) is 0 Å². The van der Waals surface area contributed by atoms with Crippen LogP contribution in [-0.4, -0.2) is 36.8 Å². The molecule has 0 saturated heterocycles. The van der Waals surface area contributed by atoms with Crippen molar-refractivity contribution in [3.63, 3.8) is 0 Å². The number of aromatic amines is 1. The van der Waals surface area contributed by atoms with Crippen LogP contribution in [-0.2, 0) is 0 Å². The van der Waals surface area contributed by atoms with Crippen LogP contribution in [0.3, 0.4) is 0 Å². The quantitative estimate of drug-likeness (QED) is 0.344. The third kappa shape index (κ3) is 4.28. The number of rotatable bonds is 6. The molecule has 0 bridgehead atoms. The predicted molar refractivity (Wildman–Crippen MR) is 142 cm³/mol. The van der Waals surface area contributed by atoms with Crippen LogP contribution in [0.25, 0.3) is 27.5 Å². The lowest BCUT2D eigenvalue weighted by molar-refractivity contribution is 0.0937. The first-order chi connectivity index (χ1) is 17.2. The molecule has 184 valence electrons. The zero-order chi connectivity index (χ0) is 25.6. The Morgan fingerprint density at radius 1 is 1.08 bits per heavy atom. The molecule has 3 heterocycles. The standard InChI is InChI=1S/C27H27ClN6O2/c1-15(2)24(34-17(4)25(28)16(3)31-34)13-29-26(35)21-12-23-27(36)30-22(14-33(23)32-21)20-10-9-18-7-5-6-8-19(18)11-20/h5-12,14-15,24H,13H2,1-4H3,(H,29,35)(H,30,36). The third-order valence-corrected chi connectivity index (χ3v) is 7.10. The van der Waals surface area contributed by atoms with Crippen molar-refractivity contribution in [3.8, 4) is 11.3 Å². The minimum absolute atomic E-state index is 0.0832. The van der Waals surface area contributed by atoms with E-state index in [9.17, 15) is 9.59 Å². The number of nitrogens with zero attached hydrogens (tertiary/aromatic N) is 4. The van der Waals surface area contributed by atoms with Gasteiger partial charge in [0.25, 0.3) is 11.5 Å². The number of aromatic nitrogens is 5. The van der Waals surface area contributed by atoms with E-state index in [2.05, 4.69) is 34.3 Å².